The van der Waals surface area contributed by atoms with Crippen LogP contribution in [0.1, 0.15) is 34.1 Å². The Bertz CT molecular complexity index is 439. The molecule has 1 aliphatic heterocycles. The van der Waals surface area contributed by atoms with Gasteiger partial charge in [-0.05, 0) is 26.8 Å². The molecule has 6 nitrogen and oxygen atoms in total. The topological polar surface area (TPSA) is 71.1 Å². The van der Waals surface area contributed by atoms with Gasteiger partial charge < -0.3 is 18.9 Å². The summed E-state index contributed by atoms with van der Waals surface area (Å²) in [5, 5.41) is 0. The van der Waals surface area contributed by atoms with Crippen LogP contribution in [0.3, 0.4) is 0 Å². The van der Waals surface area contributed by atoms with E-state index in [0.29, 0.717) is 12.2 Å². The largest absolute Gasteiger partial charge is 0.463 e. The van der Waals surface area contributed by atoms with E-state index in [0.717, 1.165) is 0 Å². The summed E-state index contributed by atoms with van der Waals surface area (Å²) in [6, 6.07) is 0. The van der Waals surface area contributed by atoms with Gasteiger partial charge in [-0.3, -0.25) is 4.79 Å². The third-order valence-electron chi connectivity index (χ3n) is 3.17. The minimum Gasteiger partial charge on any atom is -0.463 e. The van der Waals surface area contributed by atoms with Crippen molar-refractivity contribution in [2.75, 3.05) is 6.61 Å². The molecule has 0 radical (unpaired) electrons. The van der Waals surface area contributed by atoms with Crippen LogP contribution in [0.25, 0.3) is 0 Å². The molecule has 1 heterocycles. The lowest BCUT2D eigenvalue weighted by Gasteiger charge is -2.29. The van der Waals surface area contributed by atoms with Gasteiger partial charge in [0.1, 0.15) is 18.3 Å². The quantitative estimate of drug-likeness (QED) is 0.728. The van der Waals surface area contributed by atoms with Gasteiger partial charge in [-0.25, -0.2) is 4.79 Å². The van der Waals surface area contributed by atoms with Crippen molar-refractivity contribution in [2.45, 2.75) is 58.2 Å². The van der Waals surface area contributed by atoms with Gasteiger partial charge in [0.15, 0.2) is 5.79 Å². The standard InChI is InChI=1S/C14H20O6/c1-5-17-13(16)9-6-10(18-8(2)15)12-11(7-9)19-14(3,4)20-12/h7,10-12H,5-6H2,1-4H3/t10-,11+,12+/m1/s1. The summed E-state index contributed by atoms with van der Waals surface area (Å²) in [5.41, 5.74) is 0.459. The van der Waals surface area contributed by atoms with Crippen LogP contribution in [-0.4, -0.2) is 42.6 Å². The van der Waals surface area contributed by atoms with Crippen LogP contribution >= 0.6 is 0 Å². The lowest BCUT2D eigenvalue weighted by Crippen LogP contribution is -2.42. The molecule has 6 heteroatoms. The molecule has 2 rings (SSSR count). The van der Waals surface area contributed by atoms with Gasteiger partial charge in [-0.15, -0.1) is 0 Å². The van der Waals surface area contributed by atoms with Gasteiger partial charge in [-0.1, -0.05) is 0 Å². The van der Waals surface area contributed by atoms with Crippen molar-refractivity contribution in [2.24, 2.45) is 0 Å². The van der Waals surface area contributed by atoms with Crippen molar-refractivity contribution in [3.63, 3.8) is 0 Å². The van der Waals surface area contributed by atoms with Crippen molar-refractivity contribution in [3.8, 4) is 0 Å². The number of hydrogen-bond donors (Lipinski definition) is 0. The Morgan fingerprint density at radius 3 is 2.70 bits per heavy atom. The maximum atomic E-state index is 11.9. The van der Waals surface area contributed by atoms with E-state index in [1.54, 1.807) is 26.8 Å². The highest BCUT2D eigenvalue weighted by molar-refractivity contribution is 5.89. The van der Waals surface area contributed by atoms with Gasteiger partial charge in [0.05, 0.1) is 6.61 Å². The van der Waals surface area contributed by atoms with Crippen LogP contribution in [0.2, 0.25) is 0 Å². The van der Waals surface area contributed by atoms with Gasteiger partial charge in [0.25, 0.3) is 0 Å². The molecule has 0 N–H and O–H groups in total. The monoisotopic (exact) mass is 284 g/mol. The van der Waals surface area contributed by atoms with Crippen LogP contribution in [0.5, 0.6) is 0 Å². The molecule has 0 amide bonds. The summed E-state index contributed by atoms with van der Waals surface area (Å²) in [5.74, 6) is -1.59. The first-order valence-electron chi connectivity index (χ1n) is 6.73. The molecule has 112 valence electrons. The molecule has 3 atom stereocenters. The molecular weight excluding hydrogens is 264 g/mol. The number of carbonyl (C=O) groups excluding carboxylic acids is 2. The first-order chi connectivity index (χ1) is 9.32. The Morgan fingerprint density at radius 1 is 1.40 bits per heavy atom. The van der Waals surface area contributed by atoms with E-state index in [1.807, 2.05) is 0 Å². The molecule has 1 saturated heterocycles. The fourth-order valence-electron chi connectivity index (χ4n) is 2.53. The van der Waals surface area contributed by atoms with Crippen LogP contribution in [-0.2, 0) is 28.5 Å². The molecule has 2 aliphatic rings. The summed E-state index contributed by atoms with van der Waals surface area (Å²) in [6.45, 7) is 6.94. The van der Waals surface area contributed by atoms with E-state index < -0.39 is 36.0 Å². The zero-order valence-electron chi connectivity index (χ0n) is 12.2. The van der Waals surface area contributed by atoms with E-state index in [-0.39, 0.29) is 6.42 Å². The minimum atomic E-state index is -0.770. The molecule has 0 aromatic carbocycles. The Morgan fingerprint density at radius 2 is 2.10 bits per heavy atom. The van der Waals surface area contributed by atoms with Crippen molar-refractivity contribution in [1.82, 2.24) is 0 Å². The number of esters is 2. The smallest absolute Gasteiger partial charge is 0.333 e. The molecule has 0 aromatic heterocycles. The predicted molar refractivity (Wildman–Crippen MR) is 68.7 cm³/mol. The Kier molecular flexibility index (Phi) is 4.15. The number of fused-ring (bicyclic) bond motifs is 1. The van der Waals surface area contributed by atoms with Gasteiger partial charge >= 0.3 is 11.9 Å². The van der Waals surface area contributed by atoms with Crippen molar-refractivity contribution in [3.05, 3.63) is 11.6 Å². The Hall–Kier alpha value is -1.40. The lowest BCUT2D eigenvalue weighted by atomic mass is 9.92. The minimum absolute atomic E-state index is 0.277. The summed E-state index contributed by atoms with van der Waals surface area (Å²) in [4.78, 5) is 23.1. The van der Waals surface area contributed by atoms with Crippen LogP contribution in [0, 0.1) is 0 Å². The molecule has 0 bridgehead atoms. The average Bonchev–Trinajstić information content (AvgIpc) is 2.63. The fraction of sp³-hybridized carbons (Fsp3) is 0.714. The third kappa shape index (κ3) is 3.19. The van der Waals surface area contributed by atoms with Crippen molar-refractivity contribution in [1.29, 1.82) is 0 Å². The summed E-state index contributed by atoms with van der Waals surface area (Å²) < 4.78 is 21.7. The van der Waals surface area contributed by atoms with E-state index in [4.69, 9.17) is 18.9 Å². The maximum Gasteiger partial charge on any atom is 0.333 e. The highest BCUT2D eigenvalue weighted by Gasteiger charge is 2.48. The molecule has 0 spiro atoms. The number of rotatable bonds is 3. The second-order valence-corrected chi connectivity index (χ2v) is 5.33. The zero-order chi connectivity index (χ0) is 14.9. The first-order valence-corrected chi connectivity index (χ1v) is 6.73. The van der Waals surface area contributed by atoms with Gasteiger partial charge in [-0.2, -0.15) is 0 Å². The summed E-state index contributed by atoms with van der Waals surface area (Å²) >= 11 is 0. The third-order valence-corrected chi connectivity index (χ3v) is 3.17. The van der Waals surface area contributed by atoms with E-state index >= 15 is 0 Å². The van der Waals surface area contributed by atoms with E-state index in [2.05, 4.69) is 0 Å². The van der Waals surface area contributed by atoms with Crippen LogP contribution in [0.4, 0.5) is 0 Å². The lowest BCUT2D eigenvalue weighted by molar-refractivity contribution is -0.169. The molecule has 1 fully saturated rings. The Labute approximate surface area is 118 Å². The second kappa shape index (κ2) is 5.54. The predicted octanol–water partition coefficient (Wildman–Crippen LogP) is 1.33. The van der Waals surface area contributed by atoms with Gasteiger partial charge in [0, 0.05) is 18.9 Å². The SMILES string of the molecule is CCOC(=O)C1=C[C@@H]2OC(C)(C)O[C@H]2[C@H](OC(C)=O)C1. The van der Waals surface area contributed by atoms with Gasteiger partial charge in [0.2, 0.25) is 0 Å². The summed E-state index contributed by atoms with van der Waals surface area (Å²) in [7, 11) is 0. The maximum absolute atomic E-state index is 11.9. The number of carbonyl (C=O) groups is 2. The molecule has 20 heavy (non-hydrogen) atoms. The molecule has 0 aromatic rings. The average molecular weight is 284 g/mol. The number of hydrogen-bond acceptors (Lipinski definition) is 6. The molecule has 0 unspecified atom stereocenters. The highest BCUT2D eigenvalue weighted by atomic mass is 16.8. The normalized spacial score (nSPS) is 31.2. The highest BCUT2D eigenvalue weighted by Crippen LogP contribution is 2.37. The molecule has 0 saturated carbocycles. The van der Waals surface area contributed by atoms with Crippen LogP contribution < -0.4 is 0 Å². The van der Waals surface area contributed by atoms with Crippen molar-refractivity contribution >= 4 is 11.9 Å². The summed E-state index contributed by atoms with van der Waals surface area (Å²) in [6.07, 6.45) is 0.634. The number of ether oxygens (including phenoxy) is 4. The van der Waals surface area contributed by atoms with Crippen molar-refractivity contribution < 1.29 is 28.5 Å². The Balaban J connectivity index is 2.21. The second-order valence-electron chi connectivity index (χ2n) is 5.33. The molecular formula is C14H20O6. The van der Waals surface area contributed by atoms with Crippen LogP contribution in [0.15, 0.2) is 11.6 Å². The first kappa shape index (κ1) is 15.0. The molecule has 1 aliphatic carbocycles. The van der Waals surface area contributed by atoms with E-state index in [1.165, 1.54) is 6.92 Å². The zero-order valence-corrected chi connectivity index (χ0v) is 12.2. The van der Waals surface area contributed by atoms with E-state index in [9.17, 15) is 9.59 Å². The fourth-order valence-corrected chi connectivity index (χ4v) is 2.53.